The Hall–Kier alpha value is -2.67. The number of fused-ring (bicyclic) bond motifs is 2. The standard InChI is InChI=1S/C24H29N3O4/c28-22(7-9-27-23(29)19-3-1-2-4-20(19)24(27)30)26-12-10-25(11-13-26)16-17-5-6-21-18(15-17)8-14-31-21/h1-2,5-6,15,19-20H,3-4,7-14,16H2/t19-,20-/m0/s1. The third-order valence-electron chi connectivity index (χ3n) is 7.03. The first-order chi connectivity index (χ1) is 15.1. The Kier molecular flexibility index (Phi) is 5.52. The molecule has 1 aromatic rings. The van der Waals surface area contributed by atoms with Gasteiger partial charge in [0.15, 0.2) is 0 Å². The average Bonchev–Trinajstić information content (AvgIpc) is 3.35. The second kappa shape index (κ2) is 8.46. The Morgan fingerprint density at radius 2 is 1.71 bits per heavy atom. The number of ether oxygens (including phenoxy) is 1. The van der Waals surface area contributed by atoms with E-state index in [4.69, 9.17) is 4.74 Å². The van der Waals surface area contributed by atoms with E-state index in [0.29, 0.717) is 25.9 Å². The summed E-state index contributed by atoms with van der Waals surface area (Å²) in [5.41, 5.74) is 2.57. The quantitative estimate of drug-likeness (QED) is 0.532. The van der Waals surface area contributed by atoms with Crippen LogP contribution in [0.2, 0.25) is 0 Å². The minimum absolute atomic E-state index is 0.0305. The topological polar surface area (TPSA) is 70.2 Å². The Bertz CT molecular complexity index is 893. The van der Waals surface area contributed by atoms with Crippen molar-refractivity contribution in [3.63, 3.8) is 0 Å². The molecule has 0 N–H and O–H groups in total. The van der Waals surface area contributed by atoms with Crippen LogP contribution in [-0.2, 0) is 27.3 Å². The molecule has 2 atom stereocenters. The Morgan fingerprint density at radius 1 is 1.00 bits per heavy atom. The van der Waals surface area contributed by atoms with Crippen molar-refractivity contribution in [2.45, 2.75) is 32.2 Å². The molecule has 7 nitrogen and oxygen atoms in total. The molecule has 0 unspecified atom stereocenters. The van der Waals surface area contributed by atoms with Crippen molar-refractivity contribution in [3.05, 3.63) is 41.5 Å². The van der Waals surface area contributed by atoms with Crippen LogP contribution in [0.1, 0.15) is 30.4 Å². The number of benzene rings is 1. The van der Waals surface area contributed by atoms with E-state index < -0.39 is 0 Å². The average molecular weight is 424 g/mol. The third-order valence-corrected chi connectivity index (χ3v) is 7.03. The summed E-state index contributed by atoms with van der Waals surface area (Å²) >= 11 is 0. The molecule has 5 rings (SSSR count). The first-order valence-corrected chi connectivity index (χ1v) is 11.3. The molecule has 3 aliphatic heterocycles. The molecule has 2 fully saturated rings. The minimum atomic E-state index is -0.220. The zero-order valence-electron chi connectivity index (χ0n) is 17.8. The zero-order valence-corrected chi connectivity index (χ0v) is 17.8. The maximum absolute atomic E-state index is 12.7. The normalized spacial score (nSPS) is 25.5. The largest absolute Gasteiger partial charge is 0.493 e. The number of hydrogen-bond acceptors (Lipinski definition) is 5. The summed E-state index contributed by atoms with van der Waals surface area (Å²) < 4.78 is 5.58. The lowest BCUT2D eigenvalue weighted by atomic mass is 9.85. The summed E-state index contributed by atoms with van der Waals surface area (Å²) in [5, 5.41) is 0. The van der Waals surface area contributed by atoms with Gasteiger partial charge in [0.1, 0.15) is 5.75 Å². The summed E-state index contributed by atoms with van der Waals surface area (Å²) in [6, 6.07) is 6.42. The monoisotopic (exact) mass is 423 g/mol. The Labute approximate surface area is 182 Å². The SMILES string of the molecule is O=C(CCN1C(=O)[C@H]2CC=CC[C@@H]2C1=O)N1CCN(Cc2ccc3c(c2)CCO3)CC1. The Morgan fingerprint density at radius 3 is 2.42 bits per heavy atom. The number of imide groups is 1. The van der Waals surface area contributed by atoms with Crippen LogP contribution in [0.15, 0.2) is 30.4 Å². The predicted molar refractivity (Wildman–Crippen MR) is 114 cm³/mol. The highest BCUT2D eigenvalue weighted by atomic mass is 16.5. The van der Waals surface area contributed by atoms with Gasteiger partial charge < -0.3 is 9.64 Å². The second-order valence-corrected chi connectivity index (χ2v) is 8.93. The molecule has 3 heterocycles. The summed E-state index contributed by atoms with van der Waals surface area (Å²) in [6.45, 7) is 4.89. The number of rotatable bonds is 5. The van der Waals surface area contributed by atoms with Gasteiger partial charge in [-0.3, -0.25) is 24.2 Å². The van der Waals surface area contributed by atoms with Gasteiger partial charge in [0, 0.05) is 52.1 Å². The fourth-order valence-electron chi connectivity index (χ4n) is 5.21. The molecule has 1 aliphatic carbocycles. The molecule has 4 aliphatic rings. The van der Waals surface area contributed by atoms with Crippen LogP contribution in [0.4, 0.5) is 0 Å². The first kappa shape index (κ1) is 20.2. The van der Waals surface area contributed by atoms with Crippen LogP contribution in [0.5, 0.6) is 5.75 Å². The van der Waals surface area contributed by atoms with Gasteiger partial charge in [-0.2, -0.15) is 0 Å². The molecule has 0 aromatic heterocycles. The second-order valence-electron chi connectivity index (χ2n) is 8.93. The predicted octanol–water partition coefficient (Wildman–Crippen LogP) is 1.61. The van der Waals surface area contributed by atoms with Gasteiger partial charge in [0.05, 0.1) is 18.4 Å². The van der Waals surface area contributed by atoms with Gasteiger partial charge in [0.25, 0.3) is 0 Å². The summed E-state index contributed by atoms with van der Waals surface area (Å²) in [4.78, 5) is 43.4. The van der Waals surface area contributed by atoms with E-state index in [2.05, 4.69) is 23.1 Å². The van der Waals surface area contributed by atoms with Crippen molar-refractivity contribution < 1.29 is 19.1 Å². The van der Waals surface area contributed by atoms with Crippen molar-refractivity contribution in [1.29, 1.82) is 0 Å². The molecule has 2 saturated heterocycles. The highest BCUT2D eigenvalue weighted by molar-refractivity contribution is 6.05. The number of carbonyl (C=O) groups excluding carboxylic acids is 3. The van der Waals surface area contributed by atoms with Gasteiger partial charge in [-0.05, 0) is 30.0 Å². The lowest BCUT2D eigenvalue weighted by molar-refractivity contribution is -0.141. The van der Waals surface area contributed by atoms with Crippen molar-refractivity contribution >= 4 is 17.7 Å². The van der Waals surface area contributed by atoms with Gasteiger partial charge in [-0.1, -0.05) is 24.3 Å². The molecular weight excluding hydrogens is 394 g/mol. The number of hydrogen-bond donors (Lipinski definition) is 0. The van der Waals surface area contributed by atoms with Crippen molar-refractivity contribution in [2.75, 3.05) is 39.3 Å². The number of amides is 3. The summed E-state index contributed by atoms with van der Waals surface area (Å²) in [6.07, 6.45) is 6.44. The highest BCUT2D eigenvalue weighted by Gasteiger charge is 2.47. The van der Waals surface area contributed by atoms with Gasteiger partial charge in [0.2, 0.25) is 17.7 Å². The van der Waals surface area contributed by atoms with Gasteiger partial charge in [-0.25, -0.2) is 0 Å². The maximum Gasteiger partial charge on any atom is 0.233 e. The highest BCUT2D eigenvalue weighted by Crippen LogP contribution is 2.35. The third kappa shape index (κ3) is 3.99. The maximum atomic E-state index is 12.7. The van der Waals surface area contributed by atoms with Gasteiger partial charge in [-0.15, -0.1) is 0 Å². The molecule has 7 heteroatoms. The van der Waals surface area contributed by atoms with E-state index in [1.807, 2.05) is 17.1 Å². The summed E-state index contributed by atoms with van der Waals surface area (Å²) in [7, 11) is 0. The molecule has 0 bridgehead atoms. The molecule has 31 heavy (non-hydrogen) atoms. The van der Waals surface area contributed by atoms with E-state index in [1.165, 1.54) is 16.0 Å². The first-order valence-electron chi connectivity index (χ1n) is 11.3. The molecule has 0 radical (unpaired) electrons. The number of piperazine rings is 1. The van der Waals surface area contributed by atoms with E-state index in [-0.39, 0.29) is 42.5 Å². The number of carbonyl (C=O) groups is 3. The van der Waals surface area contributed by atoms with E-state index in [0.717, 1.165) is 38.4 Å². The van der Waals surface area contributed by atoms with E-state index in [9.17, 15) is 14.4 Å². The zero-order chi connectivity index (χ0) is 21.4. The Balaban J connectivity index is 1.09. The molecule has 3 amide bonds. The van der Waals surface area contributed by atoms with Crippen molar-refractivity contribution in [3.8, 4) is 5.75 Å². The lowest BCUT2D eigenvalue weighted by Crippen LogP contribution is -2.49. The molecular formula is C24H29N3O4. The lowest BCUT2D eigenvalue weighted by Gasteiger charge is -2.35. The molecule has 0 saturated carbocycles. The fourth-order valence-corrected chi connectivity index (χ4v) is 5.21. The van der Waals surface area contributed by atoms with Crippen LogP contribution in [0.3, 0.4) is 0 Å². The number of nitrogens with zero attached hydrogens (tertiary/aromatic N) is 3. The number of allylic oxidation sites excluding steroid dienone is 2. The van der Waals surface area contributed by atoms with Crippen molar-refractivity contribution in [2.24, 2.45) is 11.8 Å². The fraction of sp³-hybridized carbons (Fsp3) is 0.542. The molecule has 164 valence electrons. The minimum Gasteiger partial charge on any atom is -0.493 e. The molecule has 1 aromatic carbocycles. The smallest absolute Gasteiger partial charge is 0.233 e. The van der Waals surface area contributed by atoms with Crippen LogP contribution in [0.25, 0.3) is 0 Å². The van der Waals surface area contributed by atoms with E-state index in [1.54, 1.807) is 0 Å². The van der Waals surface area contributed by atoms with Crippen LogP contribution < -0.4 is 4.74 Å². The number of likely N-dealkylation sites (tertiary alicyclic amines) is 1. The van der Waals surface area contributed by atoms with Crippen LogP contribution >= 0.6 is 0 Å². The van der Waals surface area contributed by atoms with Crippen molar-refractivity contribution in [1.82, 2.24) is 14.7 Å². The van der Waals surface area contributed by atoms with E-state index >= 15 is 0 Å². The molecule has 0 spiro atoms. The summed E-state index contributed by atoms with van der Waals surface area (Å²) in [5.74, 6) is 0.393. The van der Waals surface area contributed by atoms with Crippen LogP contribution in [0, 0.1) is 11.8 Å². The van der Waals surface area contributed by atoms with Crippen LogP contribution in [-0.4, -0.2) is 71.8 Å². The van der Waals surface area contributed by atoms with Gasteiger partial charge >= 0.3 is 0 Å².